The summed E-state index contributed by atoms with van der Waals surface area (Å²) in [6.07, 6.45) is 0.816. The molecule has 0 saturated heterocycles. The van der Waals surface area contributed by atoms with E-state index in [1.54, 1.807) is 14.2 Å². The molecule has 32 heavy (non-hydrogen) atoms. The zero-order chi connectivity index (χ0) is 22.8. The molecule has 0 atom stereocenters. The summed E-state index contributed by atoms with van der Waals surface area (Å²) in [4.78, 5) is 0. The average Bonchev–Trinajstić information content (AvgIpc) is 3.31. The number of ether oxygens (including phenoxy) is 2. The second kappa shape index (κ2) is 9.09. The first kappa shape index (κ1) is 22.0. The summed E-state index contributed by atoms with van der Waals surface area (Å²) in [7, 11) is 3.35. The zero-order valence-electron chi connectivity index (χ0n) is 19.0. The lowest BCUT2D eigenvalue weighted by Gasteiger charge is -2.12. The van der Waals surface area contributed by atoms with Crippen LogP contribution in [0.2, 0.25) is 5.02 Å². The second-order valence-electron chi connectivity index (χ2n) is 7.62. The Morgan fingerprint density at radius 3 is 2.06 bits per heavy atom. The minimum atomic E-state index is 0.447. The number of halogens is 1. The maximum Gasteiger partial charge on any atom is 0.134 e. The average molecular weight is 451 g/mol. The van der Waals surface area contributed by atoms with E-state index in [0.717, 1.165) is 57.4 Å². The Bertz CT molecular complexity index is 1260. The molecule has 2 aromatic carbocycles. The molecule has 0 aliphatic carbocycles. The monoisotopic (exact) mass is 450 g/mol. The van der Waals surface area contributed by atoms with Crippen LogP contribution in [0.25, 0.3) is 22.5 Å². The summed E-state index contributed by atoms with van der Waals surface area (Å²) in [6.45, 7) is 6.48. The molecular formula is C25H27ClN4O2. The van der Waals surface area contributed by atoms with Gasteiger partial charge in [0.05, 0.1) is 42.0 Å². The van der Waals surface area contributed by atoms with E-state index in [9.17, 15) is 0 Å². The summed E-state index contributed by atoms with van der Waals surface area (Å²) >= 11 is 6.41. The SMILES string of the molecule is CCc1c(-c2cccc(OC)c2)nn(Cn2nc(C)c(Cl)c2C)c1-c1cccc(OC)c1. The van der Waals surface area contributed by atoms with E-state index in [1.807, 2.05) is 59.6 Å². The molecule has 0 fully saturated rings. The topological polar surface area (TPSA) is 54.1 Å². The van der Waals surface area contributed by atoms with E-state index < -0.39 is 0 Å². The van der Waals surface area contributed by atoms with Crippen LogP contribution in [0, 0.1) is 13.8 Å². The number of rotatable bonds is 7. The van der Waals surface area contributed by atoms with Crippen molar-refractivity contribution < 1.29 is 9.47 Å². The smallest absolute Gasteiger partial charge is 0.134 e. The number of methoxy groups -OCH3 is 2. The minimum Gasteiger partial charge on any atom is -0.497 e. The lowest BCUT2D eigenvalue weighted by Crippen LogP contribution is -2.14. The van der Waals surface area contributed by atoms with Gasteiger partial charge in [-0.3, -0.25) is 0 Å². The molecule has 0 spiro atoms. The molecule has 4 aromatic rings. The highest BCUT2D eigenvalue weighted by Gasteiger charge is 2.21. The minimum absolute atomic E-state index is 0.447. The van der Waals surface area contributed by atoms with Crippen LogP contribution in [0.1, 0.15) is 23.9 Å². The summed E-state index contributed by atoms with van der Waals surface area (Å²) in [6, 6.07) is 16.1. The standard InChI is InChI=1S/C25H27ClN4O2/c1-6-22-24(18-9-7-11-20(13-18)31-4)28-30(15-29-17(3)23(26)16(2)27-29)25(22)19-10-8-12-21(14-19)32-5/h7-14H,6,15H2,1-5H3. The third-order valence-electron chi connectivity index (χ3n) is 5.65. The molecule has 2 aromatic heterocycles. The van der Waals surface area contributed by atoms with E-state index in [-0.39, 0.29) is 0 Å². The van der Waals surface area contributed by atoms with E-state index in [4.69, 9.17) is 26.2 Å². The van der Waals surface area contributed by atoms with Gasteiger partial charge in [0.2, 0.25) is 0 Å². The van der Waals surface area contributed by atoms with Crippen molar-refractivity contribution in [2.45, 2.75) is 33.9 Å². The molecule has 2 heterocycles. The van der Waals surface area contributed by atoms with Crippen LogP contribution >= 0.6 is 11.6 Å². The number of nitrogens with zero attached hydrogens (tertiary/aromatic N) is 4. The Hall–Kier alpha value is -3.25. The van der Waals surface area contributed by atoms with Gasteiger partial charge in [-0.1, -0.05) is 42.8 Å². The second-order valence-corrected chi connectivity index (χ2v) is 8.00. The van der Waals surface area contributed by atoms with Crippen LogP contribution in [0.5, 0.6) is 11.5 Å². The van der Waals surface area contributed by atoms with Crippen LogP contribution < -0.4 is 9.47 Å². The molecule has 0 amide bonds. The molecule has 166 valence electrons. The Labute approximate surface area is 193 Å². The van der Waals surface area contributed by atoms with Gasteiger partial charge in [0.1, 0.15) is 18.2 Å². The van der Waals surface area contributed by atoms with Crippen molar-refractivity contribution in [2.75, 3.05) is 14.2 Å². The van der Waals surface area contributed by atoms with Gasteiger partial charge in [0.15, 0.2) is 0 Å². The maximum atomic E-state index is 6.41. The fourth-order valence-electron chi connectivity index (χ4n) is 3.97. The number of aromatic nitrogens is 4. The zero-order valence-corrected chi connectivity index (χ0v) is 19.8. The van der Waals surface area contributed by atoms with Gasteiger partial charge in [0, 0.05) is 16.7 Å². The molecule has 0 bridgehead atoms. The first-order chi connectivity index (χ1) is 15.5. The highest BCUT2D eigenvalue weighted by molar-refractivity contribution is 6.31. The van der Waals surface area contributed by atoms with Gasteiger partial charge in [-0.25, -0.2) is 9.36 Å². The fourth-order valence-corrected chi connectivity index (χ4v) is 4.11. The highest BCUT2D eigenvalue weighted by Crippen LogP contribution is 2.35. The molecule has 7 heteroatoms. The van der Waals surface area contributed by atoms with Gasteiger partial charge >= 0.3 is 0 Å². The van der Waals surface area contributed by atoms with Gasteiger partial charge in [-0.2, -0.15) is 10.2 Å². The molecule has 0 saturated carbocycles. The van der Waals surface area contributed by atoms with Gasteiger partial charge < -0.3 is 9.47 Å². The van der Waals surface area contributed by atoms with Crippen molar-refractivity contribution in [3.05, 3.63) is 70.5 Å². The van der Waals surface area contributed by atoms with Gasteiger partial charge in [-0.15, -0.1) is 0 Å². The van der Waals surface area contributed by atoms with Crippen molar-refractivity contribution in [1.29, 1.82) is 0 Å². The molecule has 0 N–H and O–H groups in total. The number of benzene rings is 2. The Morgan fingerprint density at radius 1 is 0.875 bits per heavy atom. The maximum absolute atomic E-state index is 6.41. The van der Waals surface area contributed by atoms with Crippen molar-refractivity contribution in [2.24, 2.45) is 0 Å². The number of aryl methyl sites for hydroxylation is 1. The predicted molar refractivity (Wildman–Crippen MR) is 128 cm³/mol. The Balaban J connectivity index is 1.93. The highest BCUT2D eigenvalue weighted by atomic mass is 35.5. The van der Waals surface area contributed by atoms with Crippen LogP contribution in [-0.4, -0.2) is 33.8 Å². The van der Waals surface area contributed by atoms with Crippen molar-refractivity contribution in [3.8, 4) is 34.0 Å². The molecular weight excluding hydrogens is 424 g/mol. The number of hydrogen-bond donors (Lipinski definition) is 0. The third-order valence-corrected chi connectivity index (χ3v) is 6.20. The first-order valence-corrected chi connectivity index (χ1v) is 10.9. The molecule has 0 radical (unpaired) electrons. The lowest BCUT2D eigenvalue weighted by atomic mass is 9.99. The fraction of sp³-hybridized carbons (Fsp3) is 0.280. The molecule has 0 aliphatic heterocycles. The van der Waals surface area contributed by atoms with Crippen molar-refractivity contribution >= 4 is 11.6 Å². The van der Waals surface area contributed by atoms with Crippen LogP contribution in [0.4, 0.5) is 0 Å². The molecule has 0 aliphatic rings. The summed E-state index contributed by atoms with van der Waals surface area (Å²) in [5.41, 5.74) is 6.88. The van der Waals surface area contributed by atoms with Gasteiger partial charge in [0.25, 0.3) is 0 Å². The van der Waals surface area contributed by atoms with E-state index in [2.05, 4.69) is 24.2 Å². The Morgan fingerprint density at radius 2 is 1.50 bits per heavy atom. The summed E-state index contributed by atoms with van der Waals surface area (Å²) < 4.78 is 14.8. The molecule has 6 nitrogen and oxygen atoms in total. The number of hydrogen-bond acceptors (Lipinski definition) is 4. The summed E-state index contributed by atoms with van der Waals surface area (Å²) in [5.74, 6) is 1.60. The van der Waals surface area contributed by atoms with Gasteiger partial charge in [-0.05, 0) is 44.5 Å². The van der Waals surface area contributed by atoms with Crippen LogP contribution in [0.3, 0.4) is 0 Å². The van der Waals surface area contributed by atoms with E-state index >= 15 is 0 Å². The lowest BCUT2D eigenvalue weighted by molar-refractivity contribution is 0.414. The summed E-state index contributed by atoms with van der Waals surface area (Å²) in [5, 5.41) is 10.4. The Kier molecular flexibility index (Phi) is 6.24. The quantitative estimate of drug-likeness (QED) is 0.358. The predicted octanol–water partition coefficient (Wildman–Crippen LogP) is 5.77. The molecule has 4 rings (SSSR count). The normalized spacial score (nSPS) is 11.1. The van der Waals surface area contributed by atoms with Crippen LogP contribution in [-0.2, 0) is 13.1 Å². The van der Waals surface area contributed by atoms with E-state index in [0.29, 0.717) is 11.7 Å². The van der Waals surface area contributed by atoms with E-state index in [1.165, 1.54) is 0 Å². The third kappa shape index (κ3) is 3.98. The molecule has 0 unspecified atom stereocenters. The van der Waals surface area contributed by atoms with Crippen molar-refractivity contribution in [1.82, 2.24) is 19.6 Å². The first-order valence-electron chi connectivity index (χ1n) is 10.5. The van der Waals surface area contributed by atoms with Crippen molar-refractivity contribution in [3.63, 3.8) is 0 Å². The largest absolute Gasteiger partial charge is 0.497 e. The van der Waals surface area contributed by atoms with Crippen LogP contribution in [0.15, 0.2) is 48.5 Å².